The number of hydrogen-bond donors (Lipinski definition) is 2. The minimum Gasteiger partial charge on any atom is -0.349 e. The number of carbonyl (C=O) groups excluding carboxylic acids is 1. The van der Waals surface area contributed by atoms with Gasteiger partial charge in [-0.25, -0.2) is 0 Å². The van der Waals surface area contributed by atoms with Crippen LogP contribution in [0, 0.1) is 5.92 Å². The first-order chi connectivity index (χ1) is 9.08. The zero-order valence-electron chi connectivity index (χ0n) is 12.9. The maximum absolute atomic E-state index is 11.9. The minimum atomic E-state index is 0. The number of nitrogens with one attached hydrogen (secondary N) is 2. The van der Waals surface area contributed by atoms with Crippen molar-refractivity contribution in [2.24, 2.45) is 5.92 Å². The van der Waals surface area contributed by atoms with Gasteiger partial charge in [0.25, 0.3) is 0 Å². The fraction of sp³-hybridized carbons (Fsp3) is 0.562. The lowest BCUT2D eigenvalue weighted by atomic mass is 9.94. The molecule has 0 radical (unpaired) electrons. The third kappa shape index (κ3) is 5.93. The van der Waals surface area contributed by atoms with E-state index in [1.54, 1.807) is 0 Å². The SMILES string of the molecule is CCc1ccc(C(NC(=O)CCNC)C(C)C)cc1.Cl. The fourth-order valence-corrected chi connectivity index (χ4v) is 2.08. The minimum absolute atomic E-state index is 0. The third-order valence-electron chi connectivity index (χ3n) is 3.33. The molecule has 0 heterocycles. The van der Waals surface area contributed by atoms with Gasteiger partial charge in [-0.2, -0.15) is 0 Å². The summed E-state index contributed by atoms with van der Waals surface area (Å²) in [5.74, 6) is 0.485. The molecule has 1 atom stereocenters. The lowest BCUT2D eigenvalue weighted by Crippen LogP contribution is -2.33. The van der Waals surface area contributed by atoms with Crippen LogP contribution in [0.25, 0.3) is 0 Å². The Labute approximate surface area is 128 Å². The second-order valence-electron chi connectivity index (χ2n) is 5.24. The first kappa shape index (κ1) is 18.9. The second-order valence-corrected chi connectivity index (χ2v) is 5.24. The van der Waals surface area contributed by atoms with Gasteiger partial charge in [-0.15, -0.1) is 12.4 Å². The molecule has 1 amide bonds. The summed E-state index contributed by atoms with van der Waals surface area (Å²) < 4.78 is 0. The number of benzene rings is 1. The molecule has 0 aliphatic carbocycles. The molecular formula is C16H27ClN2O. The quantitative estimate of drug-likeness (QED) is 0.812. The van der Waals surface area contributed by atoms with Gasteiger partial charge in [0.2, 0.25) is 5.91 Å². The predicted octanol–water partition coefficient (Wildman–Crippen LogP) is 3.09. The van der Waals surface area contributed by atoms with Gasteiger partial charge in [-0.05, 0) is 30.5 Å². The number of aryl methyl sites for hydroxylation is 1. The maximum Gasteiger partial charge on any atom is 0.221 e. The van der Waals surface area contributed by atoms with E-state index >= 15 is 0 Å². The first-order valence-electron chi connectivity index (χ1n) is 7.11. The zero-order valence-corrected chi connectivity index (χ0v) is 13.7. The van der Waals surface area contributed by atoms with Crippen LogP contribution in [0.15, 0.2) is 24.3 Å². The Morgan fingerprint density at radius 1 is 1.20 bits per heavy atom. The lowest BCUT2D eigenvalue weighted by Gasteiger charge is -2.23. The van der Waals surface area contributed by atoms with Crippen molar-refractivity contribution in [3.8, 4) is 0 Å². The summed E-state index contributed by atoms with van der Waals surface area (Å²) >= 11 is 0. The molecule has 114 valence electrons. The molecule has 4 heteroatoms. The molecule has 0 saturated carbocycles. The Morgan fingerprint density at radius 3 is 2.25 bits per heavy atom. The molecule has 0 bridgehead atoms. The average molecular weight is 299 g/mol. The van der Waals surface area contributed by atoms with E-state index in [4.69, 9.17) is 0 Å². The van der Waals surface area contributed by atoms with Gasteiger partial charge < -0.3 is 10.6 Å². The van der Waals surface area contributed by atoms with Crippen molar-refractivity contribution in [3.63, 3.8) is 0 Å². The molecule has 0 fully saturated rings. The molecular weight excluding hydrogens is 272 g/mol. The van der Waals surface area contributed by atoms with Crippen molar-refractivity contribution in [1.29, 1.82) is 0 Å². The molecule has 1 rings (SSSR count). The van der Waals surface area contributed by atoms with Crippen molar-refractivity contribution < 1.29 is 4.79 Å². The largest absolute Gasteiger partial charge is 0.349 e. The van der Waals surface area contributed by atoms with E-state index in [-0.39, 0.29) is 24.4 Å². The Morgan fingerprint density at radius 2 is 1.80 bits per heavy atom. The highest BCUT2D eigenvalue weighted by Gasteiger charge is 2.17. The third-order valence-corrected chi connectivity index (χ3v) is 3.33. The molecule has 1 aromatic rings. The van der Waals surface area contributed by atoms with Crippen LogP contribution in [0.5, 0.6) is 0 Å². The van der Waals surface area contributed by atoms with Crippen LogP contribution in [0.3, 0.4) is 0 Å². The van der Waals surface area contributed by atoms with E-state index in [9.17, 15) is 4.79 Å². The van der Waals surface area contributed by atoms with Crippen LogP contribution in [-0.2, 0) is 11.2 Å². The molecule has 0 aromatic heterocycles. The molecule has 0 spiro atoms. The van der Waals surface area contributed by atoms with Gasteiger partial charge in [0.15, 0.2) is 0 Å². The predicted molar refractivity (Wildman–Crippen MR) is 87.3 cm³/mol. The second kappa shape index (κ2) is 9.78. The highest BCUT2D eigenvalue weighted by molar-refractivity contribution is 5.85. The van der Waals surface area contributed by atoms with E-state index < -0.39 is 0 Å². The Balaban J connectivity index is 0.00000361. The van der Waals surface area contributed by atoms with Crippen LogP contribution < -0.4 is 10.6 Å². The maximum atomic E-state index is 11.9. The van der Waals surface area contributed by atoms with E-state index in [1.165, 1.54) is 11.1 Å². The summed E-state index contributed by atoms with van der Waals surface area (Å²) in [7, 11) is 1.86. The van der Waals surface area contributed by atoms with Crippen molar-refractivity contribution in [1.82, 2.24) is 10.6 Å². The summed E-state index contributed by atoms with van der Waals surface area (Å²) in [6, 6.07) is 8.63. The topological polar surface area (TPSA) is 41.1 Å². The number of rotatable bonds is 7. The summed E-state index contributed by atoms with van der Waals surface area (Å²) in [5, 5.41) is 6.12. The number of carbonyl (C=O) groups is 1. The van der Waals surface area contributed by atoms with E-state index in [0.717, 1.165) is 6.42 Å². The average Bonchev–Trinajstić information content (AvgIpc) is 2.42. The van der Waals surface area contributed by atoms with Crippen LogP contribution in [0.1, 0.15) is 44.4 Å². The Kier molecular flexibility index (Phi) is 9.26. The summed E-state index contributed by atoms with van der Waals surface area (Å²) in [6.07, 6.45) is 1.56. The Hall–Kier alpha value is -1.06. The highest BCUT2D eigenvalue weighted by atomic mass is 35.5. The number of hydrogen-bond acceptors (Lipinski definition) is 2. The Bertz CT molecular complexity index is 390. The van der Waals surface area contributed by atoms with Crippen molar-refractivity contribution in [2.75, 3.05) is 13.6 Å². The summed E-state index contributed by atoms with van der Waals surface area (Å²) in [6.45, 7) is 7.13. The van der Waals surface area contributed by atoms with Crippen LogP contribution in [0.4, 0.5) is 0 Å². The van der Waals surface area contributed by atoms with Crippen LogP contribution in [-0.4, -0.2) is 19.5 Å². The number of halogens is 1. The van der Waals surface area contributed by atoms with Gasteiger partial charge in [0.05, 0.1) is 6.04 Å². The summed E-state index contributed by atoms with van der Waals surface area (Å²) in [5.41, 5.74) is 2.51. The van der Waals surface area contributed by atoms with E-state index in [2.05, 4.69) is 55.7 Å². The highest BCUT2D eigenvalue weighted by Crippen LogP contribution is 2.22. The van der Waals surface area contributed by atoms with Crippen molar-refractivity contribution in [3.05, 3.63) is 35.4 Å². The van der Waals surface area contributed by atoms with Gasteiger partial charge in [0, 0.05) is 13.0 Å². The summed E-state index contributed by atoms with van der Waals surface area (Å²) in [4.78, 5) is 11.9. The van der Waals surface area contributed by atoms with Crippen molar-refractivity contribution >= 4 is 18.3 Å². The van der Waals surface area contributed by atoms with Crippen LogP contribution >= 0.6 is 12.4 Å². The molecule has 1 unspecified atom stereocenters. The van der Waals surface area contributed by atoms with Gasteiger partial charge in [-0.3, -0.25) is 4.79 Å². The van der Waals surface area contributed by atoms with Crippen molar-refractivity contribution in [2.45, 2.75) is 39.7 Å². The molecule has 0 aliphatic rings. The van der Waals surface area contributed by atoms with E-state index in [1.807, 2.05) is 7.05 Å². The van der Waals surface area contributed by atoms with Gasteiger partial charge in [0.1, 0.15) is 0 Å². The molecule has 20 heavy (non-hydrogen) atoms. The first-order valence-corrected chi connectivity index (χ1v) is 7.11. The molecule has 0 saturated heterocycles. The molecule has 1 aromatic carbocycles. The van der Waals surface area contributed by atoms with Gasteiger partial charge in [-0.1, -0.05) is 45.0 Å². The van der Waals surface area contributed by atoms with Crippen LogP contribution in [0.2, 0.25) is 0 Å². The monoisotopic (exact) mass is 298 g/mol. The lowest BCUT2D eigenvalue weighted by molar-refractivity contribution is -0.122. The van der Waals surface area contributed by atoms with Gasteiger partial charge >= 0.3 is 0 Å². The standard InChI is InChI=1S/C16H26N2O.ClH/c1-5-13-6-8-14(9-7-13)16(12(2)3)18-15(19)10-11-17-4;/h6-9,12,16-17H,5,10-11H2,1-4H3,(H,18,19);1H. The zero-order chi connectivity index (χ0) is 14.3. The number of amides is 1. The normalized spacial score (nSPS) is 11.8. The molecule has 2 N–H and O–H groups in total. The van der Waals surface area contributed by atoms with E-state index in [0.29, 0.717) is 18.9 Å². The fourth-order valence-electron chi connectivity index (χ4n) is 2.08. The smallest absolute Gasteiger partial charge is 0.221 e. The molecule has 3 nitrogen and oxygen atoms in total. The molecule has 0 aliphatic heterocycles.